The van der Waals surface area contributed by atoms with Crippen molar-refractivity contribution in [2.75, 3.05) is 19.6 Å². The van der Waals surface area contributed by atoms with Gasteiger partial charge in [-0.2, -0.15) is 0 Å². The fourth-order valence-corrected chi connectivity index (χ4v) is 3.87. The number of hydrogen-bond acceptors (Lipinski definition) is 4. The number of nitrogens with zero attached hydrogens (tertiary/aromatic N) is 2. The van der Waals surface area contributed by atoms with Gasteiger partial charge in [0.1, 0.15) is 5.76 Å². The first-order chi connectivity index (χ1) is 10.3. The average Bonchev–Trinajstić information content (AvgIpc) is 3.02. The van der Waals surface area contributed by atoms with E-state index in [9.17, 15) is 0 Å². The van der Waals surface area contributed by atoms with Crippen LogP contribution in [0.4, 0.5) is 0 Å². The summed E-state index contributed by atoms with van der Waals surface area (Å²) in [5, 5.41) is 3.56. The summed E-state index contributed by atoms with van der Waals surface area (Å²) in [6.45, 7) is 8.08. The van der Waals surface area contributed by atoms with E-state index in [1.165, 1.54) is 50.9 Å². The smallest absolute Gasteiger partial charge is 0.122 e. The van der Waals surface area contributed by atoms with Crippen LogP contribution in [0.15, 0.2) is 16.7 Å². The van der Waals surface area contributed by atoms with E-state index in [2.05, 4.69) is 28.1 Å². The molecule has 1 saturated carbocycles. The third-order valence-electron chi connectivity index (χ3n) is 5.41. The molecule has 4 nitrogen and oxygen atoms in total. The molecule has 0 aromatic carbocycles. The van der Waals surface area contributed by atoms with Gasteiger partial charge in [0, 0.05) is 43.3 Å². The highest BCUT2D eigenvalue weighted by molar-refractivity contribution is 5.17. The second kappa shape index (κ2) is 5.75. The standard InChI is InChI=1S/C17H27N3O/c1-13-10-19-7-2-3-16(19)12-20(13)11-14-6-8-21-17(14)9-18-15-4-5-15/h6,8,13,15-16,18H,2-5,7,9-12H2,1H3. The molecule has 116 valence electrons. The first-order valence-corrected chi connectivity index (χ1v) is 8.56. The topological polar surface area (TPSA) is 31.6 Å². The molecule has 2 atom stereocenters. The first kappa shape index (κ1) is 13.8. The van der Waals surface area contributed by atoms with Gasteiger partial charge < -0.3 is 9.73 Å². The SMILES string of the molecule is CC1CN2CCCC2CN1Cc1ccoc1CNC1CC1. The van der Waals surface area contributed by atoms with Gasteiger partial charge in [0.05, 0.1) is 12.8 Å². The zero-order valence-electron chi connectivity index (χ0n) is 13.1. The molecule has 0 radical (unpaired) electrons. The molecule has 0 amide bonds. The highest BCUT2D eigenvalue weighted by Gasteiger charge is 2.34. The molecule has 3 fully saturated rings. The molecule has 2 unspecified atom stereocenters. The summed E-state index contributed by atoms with van der Waals surface area (Å²) in [6, 6.07) is 4.35. The number of furan rings is 1. The van der Waals surface area contributed by atoms with Crippen LogP contribution in [0.2, 0.25) is 0 Å². The highest BCUT2D eigenvalue weighted by atomic mass is 16.3. The van der Waals surface area contributed by atoms with Gasteiger partial charge in [-0.1, -0.05) is 0 Å². The van der Waals surface area contributed by atoms with Crippen LogP contribution in [0.1, 0.15) is 43.9 Å². The minimum atomic E-state index is 0.651. The van der Waals surface area contributed by atoms with Gasteiger partial charge in [0.25, 0.3) is 0 Å². The van der Waals surface area contributed by atoms with Crippen molar-refractivity contribution in [3.63, 3.8) is 0 Å². The summed E-state index contributed by atoms with van der Waals surface area (Å²) >= 11 is 0. The molecule has 0 bridgehead atoms. The summed E-state index contributed by atoms with van der Waals surface area (Å²) < 4.78 is 5.71. The van der Waals surface area contributed by atoms with Crippen LogP contribution in [0.25, 0.3) is 0 Å². The largest absolute Gasteiger partial charge is 0.468 e. The summed E-state index contributed by atoms with van der Waals surface area (Å²) in [6.07, 6.45) is 7.28. The predicted octanol–water partition coefficient (Wildman–Crippen LogP) is 2.20. The zero-order chi connectivity index (χ0) is 14.2. The molecule has 21 heavy (non-hydrogen) atoms. The fraction of sp³-hybridized carbons (Fsp3) is 0.765. The molecule has 1 aromatic heterocycles. The normalized spacial score (nSPS) is 30.7. The van der Waals surface area contributed by atoms with E-state index < -0.39 is 0 Å². The third-order valence-corrected chi connectivity index (χ3v) is 5.41. The van der Waals surface area contributed by atoms with Crippen molar-refractivity contribution in [3.05, 3.63) is 23.7 Å². The lowest BCUT2D eigenvalue weighted by Gasteiger charge is -2.42. The van der Waals surface area contributed by atoms with E-state index in [1.54, 1.807) is 0 Å². The van der Waals surface area contributed by atoms with Crippen molar-refractivity contribution in [1.29, 1.82) is 0 Å². The van der Waals surface area contributed by atoms with Crippen LogP contribution >= 0.6 is 0 Å². The molecule has 3 heterocycles. The maximum atomic E-state index is 5.71. The summed E-state index contributed by atoms with van der Waals surface area (Å²) in [5.41, 5.74) is 1.38. The van der Waals surface area contributed by atoms with Gasteiger partial charge in [0.2, 0.25) is 0 Å². The molecule has 2 aliphatic heterocycles. The van der Waals surface area contributed by atoms with Crippen LogP contribution in [-0.4, -0.2) is 47.6 Å². The Hall–Kier alpha value is -0.840. The quantitative estimate of drug-likeness (QED) is 0.900. The van der Waals surface area contributed by atoms with Gasteiger partial charge in [-0.15, -0.1) is 0 Å². The van der Waals surface area contributed by atoms with Crippen LogP contribution in [0, 0.1) is 0 Å². The average molecular weight is 289 g/mol. The zero-order valence-corrected chi connectivity index (χ0v) is 13.1. The lowest BCUT2D eigenvalue weighted by Crippen LogP contribution is -2.54. The molecule has 4 heteroatoms. The third kappa shape index (κ3) is 3.03. The highest BCUT2D eigenvalue weighted by Crippen LogP contribution is 2.27. The van der Waals surface area contributed by atoms with Crippen LogP contribution in [0.3, 0.4) is 0 Å². The molecular weight excluding hydrogens is 262 g/mol. The Kier molecular flexibility index (Phi) is 3.78. The lowest BCUT2D eigenvalue weighted by atomic mass is 10.1. The van der Waals surface area contributed by atoms with Crippen LogP contribution in [0.5, 0.6) is 0 Å². The predicted molar refractivity (Wildman–Crippen MR) is 83.0 cm³/mol. The minimum Gasteiger partial charge on any atom is -0.468 e. The second-order valence-electron chi connectivity index (χ2n) is 7.09. The van der Waals surface area contributed by atoms with Crippen molar-refractivity contribution < 1.29 is 4.42 Å². The Morgan fingerprint density at radius 1 is 1.29 bits per heavy atom. The summed E-state index contributed by atoms with van der Waals surface area (Å²) in [7, 11) is 0. The van der Waals surface area contributed by atoms with E-state index in [0.29, 0.717) is 6.04 Å². The number of piperazine rings is 1. The van der Waals surface area contributed by atoms with Crippen LogP contribution < -0.4 is 5.32 Å². The maximum absolute atomic E-state index is 5.71. The molecule has 0 spiro atoms. The van der Waals surface area contributed by atoms with E-state index in [-0.39, 0.29) is 0 Å². The Morgan fingerprint density at radius 3 is 3.05 bits per heavy atom. The molecule has 1 aliphatic carbocycles. The number of fused-ring (bicyclic) bond motifs is 1. The van der Waals surface area contributed by atoms with Gasteiger partial charge in [-0.3, -0.25) is 9.80 Å². The number of hydrogen-bond donors (Lipinski definition) is 1. The summed E-state index contributed by atoms with van der Waals surface area (Å²) in [4.78, 5) is 5.34. The molecule has 2 saturated heterocycles. The molecule has 1 N–H and O–H groups in total. The molecule has 3 aliphatic rings. The maximum Gasteiger partial charge on any atom is 0.122 e. The minimum absolute atomic E-state index is 0.651. The van der Waals surface area contributed by atoms with Gasteiger partial charge in [0.15, 0.2) is 0 Å². The molecule has 1 aromatic rings. The van der Waals surface area contributed by atoms with Crippen molar-refractivity contribution in [1.82, 2.24) is 15.1 Å². The van der Waals surface area contributed by atoms with E-state index in [1.807, 2.05) is 6.26 Å². The summed E-state index contributed by atoms with van der Waals surface area (Å²) in [5.74, 6) is 1.14. The monoisotopic (exact) mass is 289 g/mol. The number of nitrogens with one attached hydrogen (secondary N) is 1. The van der Waals surface area contributed by atoms with E-state index in [0.717, 1.165) is 30.9 Å². The van der Waals surface area contributed by atoms with Crippen LogP contribution in [-0.2, 0) is 13.1 Å². The van der Waals surface area contributed by atoms with Crippen molar-refractivity contribution in [3.8, 4) is 0 Å². The van der Waals surface area contributed by atoms with Gasteiger partial charge >= 0.3 is 0 Å². The van der Waals surface area contributed by atoms with E-state index >= 15 is 0 Å². The van der Waals surface area contributed by atoms with Crippen molar-refractivity contribution in [2.24, 2.45) is 0 Å². The van der Waals surface area contributed by atoms with Crippen molar-refractivity contribution >= 4 is 0 Å². The first-order valence-electron chi connectivity index (χ1n) is 8.56. The Labute approximate surface area is 127 Å². The Bertz CT molecular complexity index is 482. The molecular formula is C17H27N3O. The second-order valence-corrected chi connectivity index (χ2v) is 7.09. The Morgan fingerprint density at radius 2 is 2.19 bits per heavy atom. The van der Waals surface area contributed by atoms with Gasteiger partial charge in [-0.05, 0) is 45.2 Å². The Balaban J connectivity index is 1.39. The van der Waals surface area contributed by atoms with Gasteiger partial charge in [-0.25, -0.2) is 0 Å². The molecule has 4 rings (SSSR count). The van der Waals surface area contributed by atoms with E-state index in [4.69, 9.17) is 4.42 Å². The fourth-order valence-electron chi connectivity index (χ4n) is 3.87. The van der Waals surface area contributed by atoms with Crippen molar-refractivity contribution in [2.45, 2.75) is 63.8 Å². The lowest BCUT2D eigenvalue weighted by molar-refractivity contribution is 0.0536. The number of rotatable bonds is 5.